The van der Waals surface area contributed by atoms with Gasteiger partial charge in [-0.15, -0.1) is 0 Å². The summed E-state index contributed by atoms with van der Waals surface area (Å²) in [6.07, 6.45) is 1.42. The Balaban J connectivity index is 1.57. The number of para-hydroxylation sites is 1. The topological polar surface area (TPSA) is 73.7 Å². The molecule has 0 fully saturated rings. The van der Waals surface area contributed by atoms with Gasteiger partial charge in [-0.25, -0.2) is 4.98 Å². The quantitative estimate of drug-likeness (QED) is 0.588. The third kappa shape index (κ3) is 3.98. The van der Waals surface area contributed by atoms with Crippen molar-refractivity contribution in [3.8, 4) is 11.5 Å². The van der Waals surface area contributed by atoms with E-state index >= 15 is 0 Å². The summed E-state index contributed by atoms with van der Waals surface area (Å²) in [5.74, 6) is 1.21. The molecule has 8 heteroatoms. The predicted octanol–water partition coefficient (Wildman–Crippen LogP) is 2.98. The molecule has 29 heavy (non-hydrogen) atoms. The van der Waals surface area contributed by atoms with E-state index in [1.165, 1.54) is 10.9 Å². The Hall–Kier alpha value is -2.87. The molecule has 0 unspecified atom stereocenters. The summed E-state index contributed by atoms with van der Waals surface area (Å²) in [7, 11) is 0. The zero-order valence-electron chi connectivity index (χ0n) is 15.9. The van der Waals surface area contributed by atoms with Gasteiger partial charge in [-0.3, -0.25) is 14.2 Å². The van der Waals surface area contributed by atoms with Crippen LogP contribution in [0.5, 0.6) is 11.5 Å². The van der Waals surface area contributed by atoms with Gasteiger partial charge >= 0.3 is 0 Å². The molecule has 0 N–H and O–H groups in total. The number of carbonyl (C=O) groups excluding carboxylic acids is 1. The average molecular weight is 458 g/mol. The Morgan fingerprint density at radius 1 is 1.24 bits per heavy atom. The number of fused-ring (bicyclic) bond motifs is 2. The first-order chi connectivity index (χ1) is 14.1. The van der Waals surface area contributed by atoms with Crippen molar-refractivity contribution >= 4 is 32.7 Å². The molecule has 1 aliphatic rings. The van der Waals surface area contributed by atoms with E-state index < -0.39 is 0 Å². The normalized spacial score (nSPS) is 12.8. The Kier molecular flexibility index (Phi) is 5.53. The van der Waals surface area contributed by atoms with Crippen molar-refractivity contribution in [3.63, 3.8) is 0 Å². The van der Waals surface area contributed by atoms with E-state index in [0.717, 1.165) is 10.0 Å². The maximum absolute atomic E-state index is 12.9. The standard InChI is InChI=1S/C21H20BrN3O4/c1-2-24(11-14-4-3-5-18-20(14)29-9-8-28-18)19(26)12-25-13-23-17-7-6-15(22)10-16(17)21(25)27/h3-7,10,13H,2,8-9,11-12H2,1H3. The summed E-state index contributed by atoms with van der Waals surface area (Å²) in [6.45, 7) is 3.71. The van der Waals surface area contributed by atoms with Gasteiger partial charge in [-0.2, -0.15) is 0 Å². The van der Waals surface area contributed by atoms with Crippen LogP contribution in [0.4, 0.5) is 0 Å². The van der Waals surface area contributed by atoms with Gasteiger partial charge in [0.25, 0.3) is 5.56 Å². The van der Waals surface area contributed by atoms with Gasteiger partial charge in [0.1, 0.15) is 19.8 Å². The minimum Gasteiger partial charge on any atom is -0.486 e. The Morgan fingerprint density at radius 2 is 2.07 bits per heavy atom. The monoisotopic (exact) mass is 457 g/mol. The Morgan fingerprint density at radius 3 is 2.90 bits per heavy atom. The molecule has 0 saturated carbocycles. The molecule has 4 rings (SSSR count). The SMILES string of the molecule is CCN(Cc1cccc2c1OCCO2)C(=O)Cn1cnc2ccc(Br)cc2c1=O. The lowest BCUT2D eigenvalue weighted by molar-refractivity contribution is -0.132. The first-order valence-corrected chi connectivity index (χ1v) is 10.2. The van der Waals surface area contributed by atoms with E-state index in [1.807, 2.05) is 31.2 Å². The van der Waals surface area contributed by atoms with Crippen molar-refractivity contribution in [1.29, 1.82) is 0 Å². The fraction of sp³-hybridized carbons (Fsp3) is 0.286. The number of halogens is 1. The number of amides is 1. The molecule has 1 aromatic heterocycles. The fourth-order valence-corrected chi connectivity index (χ4v) is 3.69. The molecule has 0 spiro atoms. The van der Waals surface area contributed by atoms with Crippen LogP contribution in [-0.4, -0.2) is 40.1 Å². The highest BCUT2D eigenvalue weighted by atomic mass is 79.9. The van der Waals surface area contributed by atoms with E-state index in [1.54, 1.807) is 17.0 Å². The van der Waals surface area contributed by atoms with Crippen molar-refractivity contribution in [2.45, 2.75) is 20.0 Å². The smallest absolute Gasteiger partial charge is 0.261 e. The van der Waals surface area contributed by atoms with Crippen LogP contribution in [0.2, 0.25) is 0 Å². The molecule has 2 aromatic carbocycles. The lowest BCUT2D eigenvalue weighted by atomic mass is 10.1. The van der Waals surface area contributed by atoms with Crippen LogP contribution in [0.3, 0.4) is 0 Å². The van der Waals surface area contributed by atoms with E-state index in [-0.39, 0.29) is 18.0 Å². The molecule has 7 nitrogen and oxygen atoms in total. The molecule has 1 amide bonds. The molecule has 150 valence electrons. The Labute approximate surface area is 176 Å². The minimum absolute atomic E-state index is 0.0749. The number of rotatable bonds is 5. The van der Waals surface area contributed by atoms with Crippen molar-refractivity contribution in [2.75, 3.05) is 19.8 Å². The second-order valence-corrected chi connectivity index (χ2v) is 7.60. The molecular weight excluding hydrogens is 438 g/mol. The summed E-state index contributed by atoms with van der Waals surface area (Å²) >= 11 is 3.37. The zero-order valence-corrected chi connectivity index (χ0v) is 17.5. The molecule has 3 aromatic rings. The van der Waals surface area contributed by atoms with Crippen LogP contribution in [0.1, 0.15) is 12.5 Å². The van der Waals surface area contributed by atoms with Gasteiger partial charge in [-0.05, 0) is 31.2 Å². The summed E-state index contributed by atoms with van der Waals surface area (Å²) < 4.78 is 13.5. The van der Waals surface area contributed by atoms with E-state index in [0.29, 0.717) is 48.7 Å². The molecule has 0 radical (unpaired) electrons. The van der Waals surface area contributed by atoms with Crippen LogP contribution in [0.25, 0.3) is 10.9 Å². The van der Waals surface area contributed by atoms with Crippen LogP contribution >= 0.6 is 15.9 Å². The number of hydrogen-bond donors (Lipinski definition) is 0. The van der Waals surface area contributed by atoms with Gasteiger partial charge in [0.05, 0.1) is 17.2 Å². The van der Waals surface area contributed by atoms with Crippen molar-refractivity contribution in [3.05, 3.63) is 63.1 Å². The van der Waals surface area contributed by atoms with Crippen molar-refractivity contribution in [1.82, 2.24) is 14.5 Å². The number of aromatic nitrogens is 2. The second kappa shape index (κ2) is 8.24. The highest BCUT2D eigenvalue weighted by Crippen LogP contribution is 2.34. The number of benzene rings is 2. The predicted molar refractivity (Wildman–Crippen MR) is 112 cm³/mol. The molecule has 0 saturated heterocycles. The number of carbonyl (C=O) groups is 1. The summed E-state index contributed by atoms with van der Waals surface area (Å²) in [6, 6.07) is 11.0. The van der Waals surface area contributed by atoms with Gasteiger partial charge < -0.3 is 14.4 Å². The summed E-state index contributed by atoms with van der Waals surface area (Å²) in [4.78, 5) is 31.7. The molecular formula is C21H20BrN3O4. The van der Waals surface area contributed by atoms with Crippen LogP contribution in [0.15, 0.2) is 52.0 Å². The molecule has 1 aliphatic heterocycles. The van der Waals surface area contributed by atoms with Crippen LogP contribution in [-0.2, 0) is 17.9 Å². The van der Waals surface area contributed by atoms with Crippen LogP contribution in [0, 0.1) is 0 Å². The lowest BCUT2D eigenvalue weighted by Crippen LogP contribution is -2.36. The summed E-state index contributed by atoms with van der Waals surface area (Å²) in [5.41, 5.74) is 1.24. The highest BCUT2D eigenvalue weighted by Gasteiger charge is 2.20. The third-order valence-corrected chi connectivity index (χ3v) is 5.33. The van der Waals surface area contributed by atoms with Gasteiger partial charge in [0, 0.05) is 23.1 Å². The van der Waals surface area contributed by atoms with E-state index in [4.69, 9.17) is 9.47 Å². The first kappa shape index (κ1) is 19.4. The highest BCUT2D eigenvalue weighted by molar-refractivity contribution is 9.10. The van der Waals surface area contributed by atoms with E-state index in [2.05, 4.69) is 20.9 Å². The molecule has 0 aliphatic carbocycles. The van der Waals surface area contributed by atoms with Gasteiger partial charge in [0.15, 0.2) is 11.5 Å². The van der Waals surface area contributed by atoms with Crippen molar-refractivity contribution < 1.29 is 14.3 Å². The summed E-state index contributed by atoms with van der Waals surface area (Å²) in [5, 5.41) is 0.473. The largest absolute Gasteiger partial charge is 0.486 e. The zero-order chi connectivity index (χ0) is 20.4. The second-order valence-electron chi connectivity index (χ2n) is 6.69. The maximum atomic E-state index is 12.9. The van der Waals surface area contributed by atoms with Gasteiger partial charge in [-0.1, -0.05) is 28.1 Å². The number of nitrogens with zero attached hydrogens (tertiary/aromatic N) is 3. The Bertz CT molecular complexity index is 1130. The molecule has 0 bridgehead atoms. The molecule has 0 atom stereocenters. The fourth-order valence-electron chi connectivity index (χ4n) is 3.33. The van der Waals surface area contributed by atoms with Crippen molar-refractivity contribution in [2.24, 2.45) is 0 Å². The van der Waals surface area contributed by atoms with Gasteiger partial charge in [0.2, 0.25) is 5.91 Å². The minimum atomic E-state index is -0.241. The maximum Gasteiger partial charge on any atom is 0.261 e. The van der Waals surface area contributed by atoms with E-state index in [9.17, 15) is 9.59 Å². The molecule has 2 heterocycles. The number of hydrogen-bond acceptors (Lipinski definition) is 5. The lowest BCUT2D eigenvalue weighted by Gasteiger charge is -2.25. The van der Waals surface area contributed by atoms with Crippen LogP contribution < -0.4 is 15.0 Å². The number of ether oxygens (including phenoxy) is 2. The third-order valence-electron chi connectivity index (χ3n) is 4.84. The first-order valence-electron chi connectivity index (χ1n) is 9.36. The number of likely N-dealkylation sites (N-methyl/N-ethyl adjacent to an activating group) is 1. The average Bonchev–Trinajstić information content (AvgIpc) is 2.74.